The molecule has 2 N–H and O–H groups in total. The molecule has 0 aliphatic rings. The predicted octanol–water partition coefficient (Wildman–Crippen LogP) is 25.7. The average Bonchev–Trinajstić information content (AvgIpc) is 1.65. The van der Waals surface area contributed by atoms with Crippen molar-refractivity contribution < 1.29 is 10.0 Å². The third-order valence-electron chi connectivity index (χ3n) is 21.3. The molecule has 22 rings (SSSR count). The number of thiophene rings is 2. The summed E-state index contributed by atoms with van der Waals surface area (Å²) < 4.78 is 9.38. The quantitative estimate of drug-likeness (QED) is 0.116. The van der Waals surface area contributed by atoms with Gasteiger partial charge in [-0.15, -0.1) is 22.7 Å². The molecule has 0 amide bonds. The fourth-order valence-electron chi connectivity index (χ4n) is 15.9. The van der Waals surface area contributed by atoms with Gasteiger partial charge in [-0.3, -0.25) is 0 Å². The second kappa shape index (κ2) is 30.7. The van der Waals surface area contributed by atoms with Gasteiger partial charge in [-0.25, -0.2) is 29.9 Å². The summed E-state index contributed by atoms with van der Waals surface area (Å²) in [4.78, 5) is 30.7. The molecule has 0 fully saturated rings. The lowest BCUT2D eigenvalue weighted by molar-refractivity contribution is 0.426. The Balaban J connectivity index is 0.000000124. The highest BCUT2D eigenvalue weighted by Crippen LogP contribution is 2.44. The van der Waals surface area contributed by atoms with Gasteiger partial charge in [0, 0.05) is 112 Å². The van der Waals surface area contributed by atoms with Crippen LogP contribution >= 0.6 is 34.3 Å². The zero-order valence-corrected chi connectivity index (χ0v) is 64.6. The van der Waals surface area contributed by atoms with Gasteiger partial charge in [-0.1, -0.05) is 297 Å². The lowest BCUT2D eigenvalue weighted by atomic mass is 9.80. The molecule has 116 heavy (non-hydrogen) atoms. The third-order valence-corrected chi connectivity index (χ3v) is 24.0. The second-order valence-corrected chi connectivity index (χ2v) is 30.9. The topological polar surface area (TPSA) is 128 Å². The van der Waals surface area contributed by atoms with Crippen LogP contribution < -0.4 is 5.46 Å². The molecule has 0 spiro atoms. The second-order valence-electron chi connectivity index (χ2n) is 28.3. The van der Waals surface area contributed by atoms with Gasteiger partial charge < -0.3 is 19.2 Å². The van der Waals surface area contributed by atoms with E-state index in [9.17, 15) is 10.0 Å². The van der Waals surface area contributed by atoms with Gasteiger partial charge in [0.25, 0.3) is 0 Å². The van der Waals surface area contributed by atoms with E-state index in [4.69, 9.17) is 41.5 Å². The van der Waals surface area contributed by atoms with Gasteiger partial charge in [-0.05, 0) is 142 Å². The molecule has 0 atom stereocenters. The van der Waals surface area contributed by atoms with Crippen molar-refractivity contribution in [2.45, 2.75) is 0 Å². The van der Waals surface area contributed by atoms with E-state index in [1.807, 2.05) is 103 Å². The molecular formula is C102H66BClN8O2S2. The summed E-state index contributed by atoms with van der Waals surface area (Å²) in [5, 5.41) is 29.0. The molecule has 10 nitrogen and oxygen atoms in total. The van der Waals surface area contributed by atoms with Crippen molar-refractivity contribution >= 4 is 131 Å². The smallest absolute Gasteiger partial charge is 0.423 e. The van der Waals surface area contributed by atoms with E-state index < -0.39 is 7.12 Å². The van der Waals surface area contributed by atoms with Gasteiger partial charge in [-0.2, -0.15) is 0 Å². The van der Waals surface area contributed by atoms with Crippen LogP contribution in [0.3, 0.4) is 0 Å². The Morgan fingerprint density at radius 1 is 0.233 bits per heavy atom. The zero-order valence-electron chi connectivity index (χ0n) is 62.2. The van der Waals surface area contributed by atoms with E-state index >= 15 is 0 Å². The molecule has 6 aromatic heterocycles. The molecule has 0 unspecified atom stereocenters. The van der Waals surface area contributed by atoms with E-state index in [-0.39, 0.29) is 0 Å². The number of nitrogens with zero attached hydrogens (tertiary/aromatic N) is 8. The molecule has 0 radical (unpaired) electrons. The number of hydrogen-bond acceptors (Lipinski definition) is 10. The number of hydrogen-bond donors (Lipinski definition) is 2. The molecule has 22 aromatic rings. The van der Waals surface area contributed by atoms with E-state index in [1.165, 1.54) is 62.2 Å². The van der Waals surface area contributed by atoms with Crippen LogP contribution in [0.15, 0.2) is 388 Å². The van der Waals surface area contributed by atoms with Gasteiger partial charge in [0.1, 0.15) is 0 Å². The molecule has 14 heteroatoms. The Morgan fingerprint density at radius 3 is 1.03 bits per heavy atom. The monoisotopic (exact) mass is 1540 g/mol. The molecule has 6 heterocycles. The maximum Gasteiger partial charge on any atom is 0.488 e. The zero-order chi connectivity index (χ0) is 77.6. The van der Waals surface area contributed by atoms with Gasteiger partial charge in [0.05, 0.1) is 22.1 Å². The first kappa shape index (κ1) is 70.9. The number of para-hydroxylation sites is 4. The summed E-state index contributed by atoms with van der Waals surface area (Å²) >= 11 is 9.75. The maximum absolute atomic E-state index is 9.43. The highest BCUT2D eigenvalue weighted by molar-refractivity contribution is 7.26. The van der Waals surface area contributed by atoms with Crippen LogP contribution in [0.2, 0.25) is 5.02 Å². The van der Waals surface area contributed by atoms with E-state index in [0.29, 0.717) is 45.4 Å². The largest absolute Gasteiger partial charge is 0.488 e. The Labute approximate surface area is 681 Å². The summed E-state index contributed by atoms with van der Waals surface area (Å²) in [5.74, 6) is 3.85. The predicted molar refractivity (Wildman–Crippen MR) is 484 cm³/mol. The molecule has 0 aliphatic heterocycles. The first-order valence-corrected chi connectivity index (χ1v) is 40.3. The first-order valence-electron chi connectivity index (χ1n) is 38.3. The molecular weight excluding hydrogens is 1480 g/mol. The van der Waals surface area contributed by atoms with Crippen LogP contribution in [0, 0.1) is 0 Å². The first-order chi connectivity index (χ1) is 57.3. The van der Waals surface area contributed by atoms with Crippen LogP contribution in [0.1, 0.15) is 0 Å². The number of fused-ring (bicyclic) bond motifs is 12. The number of benzene rings is 16. The molecule has 16 aromatic carbocycles. The van der Waals surface area contributed by atoms with Crippen molar-refractivity contribution in [3.63, 3.8) is 0 Å². The molecule has 0 bridgehead atoms. The lowest BCUT2D eigenvalue weighted by Crippen LogP contribution is -2.29. The minimum absolute atomic E-state index is 0.503. The van der Waals surface area contributed by atoms with Crippen LogP contribution in [-0.4, -0.2) is 56.2 Å². The maximum atomic E-state index is 9.43. The van der Waals surface area contributed by atoms with Crippen LogP contribution in [-0.2, 0) is 0 Å². The Bertz CT molecular complexity index is 7450. The van der Waals surface area contributed by atoms with Crippen molar-refractivity contribution in [2.24, 2.45) is 0 Å². The lowest BCUT2D eigenvalue weighted by Gasteiger charge is -2.12. The summed E-state index contributed by atoms with van der Waals surface area (Å²) in [6.45, 7) is 0. The average molecular weight is 1550 g/mol. The van der Waals surface area contributed by atoms with Crippen molar-refractivity contribution in [3.8, 4) is 113 Å². The number of rotatable bonds is 12. The minimum Gasteiger partial charge on any atom is -0.423 e. The molecule has 0 aliphatic carbocycles. The molecule has 0 saturated carbocycles. The van der Waals surface area contributed by atoms with Crippen molar-refractivity contribution in [3.05, 3.63) is 393 Å². The SMILES string of the molecule is Clc1ccc(-c2nc(-c3ccccc3-c3ccccc3)nc(-c3cccc4c3sc3ccccc34)n2)cc1.OB(O)c1ccc2c(c1)c1ccccc1n2-c1ccccc1.c1ccc(-c2ccccc2-c2nc(-c3ccc(-c4ccc5c(c4)c4ccccc4n5-c4ccccc4)cc3)nc(-c3cccc4c3sc3ccccc34)n2)cc1. The van der Waals surface area contributed by atoms with E-state index in [0.717, 1.165) is 99.9 Å². The Morgan fingerprint density at radius 2 is 0.560 bits per heavy atom. The van der Waals surface area contributed by atoms with E-state index in [2.05, 4.69) is 288 Å². The van der Waals surface area contributed by atoms with Crippen LogP contribution in [0.25, 0.3) is 197 Å². The molecule has 0 saturated heterocycles. The number of aromatic nitrogens is 8. The van der Waals surface area contributed by atoms with Gasteiger partial charge in [0.2, 0.25) is 0 Å². The third kappa shape index (κ3) is 13.4. The number of halogens is 1. The molecule has 548 valence electrons. The minimum atomic E-state index is -1.46. The van der Waals surface area contributed by atoms with Crippen molar-refractivity contribution in [1.82, 2.24) is 39.0 Å². The highest BCUT2D eigenvalue weighted by atomic mass is 35.5. The van der Waals surface area contributed by atoms with Crippen molar-refractivity contribution in [1.29, 1.82) is 0 Å². The summed E-state index contributed by atoms with van der Waals surface area (Å²) in [7, 11) is -1.46. The fraction of sp³-hybridized carbons (Fsp3) is 0. The van der Waals surface area contributed by atoms with Crippen molar-refractivity contribution in [2.75, 3.05) is 0 Å². The van der Waals surface area contributed by atoms with Gasteiger partial charge in [0.15, 0.2) is 34.9 Å². The van der Waals surface area contributed by atoms with Crippen LogP contribution in [0.4, 0.5) is 0 Å². The normalized spacial score (nSPS) is 11.4. The fourth-order valence-corrected chi connectivity index (χ4v) is 18.4. The summed E-state index contributed by atoms with van der Waals surface area (Å²) in [5.41, 5.74) is 19.7. The summed E-state index contributed by atoms with van der Waals surface area (Å²) in [6, 6.07) is 133. The Hall–Kier alpha value is -14.1. The van der Waals surface area contributed by atoms with Crippen LogP contribution in [0.5, 0.6) is 0 Å². The Kier molecular flexibility index (Phi) is 18.8. The van der Waals surface area contributed by atoms with Gasteiger partial charge >= 0.3 is 7.12 Å². The summed E-state index contributed by atoms with van der Waals surface area (Å²) in [6.07, 6.45) is 0. The van der Waals surface area contributed by atoms with E-state index in [1.54, 1.807) is 28.7 Å². The highest BCUT2D eigenvalue weighted by Gasteiger charge is 2.23. The standard InChI is InChI=1S/C51H32N4S.C33H20ClN3S.C18H14BNO2/c1-3-14-34(15-4-1)38-18-7-8-21-42(38)50-52-49(53-51(54-50)43-23-13-22-41-40-20-10-12-25-47(40)56-48(41)43)35-28-26-33(27-29-35)36-30-31-46-44(32-36)39-19-9-11-24-45(39)55(46)37-16-5-2-6-17-37;34-23-19-17-22(18-20-23)31-35-32(27-13-5-4-11-24(27)21-9-2-1-3-10-21)37-33(36-31)28-15-8-14-26-25-12-6-7-16-29(25)38-30(26)28;21-19(22)13-10-11-18-16(12-13)15-8-4-5-9-17(15)20(18)14-6-2-1-3-7-14/h1-32H;1-20H;1-12,21-22H.